The van der Waals surface area contributed by atoms with Gasteiger partial charge in [0.1, 0.15) is 5.75 Å². The lowest BCUT2D eigenvalue weighted by molar-refractivity contribution is -0.137. The number of esters is 1. The van der Waals surface area contributed by atoms with Gasteiger partial charge in [-0.1, -0.05) is 26.8 Å². The molecule has 128 valence electrons. The van der Waals surface area contributed by atoms with Crippen LogP contribution < -0.4 is 9.16 Å². The van der Waals surface area contributed by atoms with Crippen LogP contribution >= 0.6 is 0 Å². The maximum atomic E-state index is 11.4. The zero-order valence-corrected chi connectivity index (χ0v) is 16.2. The summed E-state index contributed by atoms with van der Waals surface area (Å²) in [4.78, 5) is 11.4. The number of hydrogen-bond donors (Lipinski definition) is 0. The molecule has 0 aliphatic heterocycles. The predicted octanol–water partition coefficient (Wildman–Crippen LogP) is 4.66. The number of ether oxygens (including phenoxy) is 2. The maximum Gasteiger partial charge on any atom is 0.330 e. The molecule has 0 fully saturated rings. The van der Waals surface area contributed by atoms with Crippen LogP contribution in [-0.4, -0.2) is 28.0 Å². The van der Waals surface area contributed by atoms with Gasteiger partial charge in [0.25, 0.3) is 8.32 Å². The van der Waals surface area contributed by atoms with Crippen molar-refractivity contribution >= 4 is 20.4 Å². The third kappa shape index (κ3) is 5.43. The van der Waals surface area contributed by atoms with Crippen LogP contribution in [0.1, 0.15) is 33.3 Å². The molecule has 0 aliphatic carbocycles. The Hall–Kier alpha value is -1.75. The minimum absolute atomic E-state index is 0.112. The summed E-state index contributed by atoms with van der Waals surface area (Å²) in [6.45, 7) is 13.1. The van der Waals surface area contributed by atoms with Gasteiger partial charge >= 0.3 is 5.97 Å². The van der Waals surface area contributed by atoms with Crippen molar-refractivity contribution in [2.45, 2.75) is 45.8 Å². The first-order valence-corrected chi connectivity index (χ1v) is 10.7. The molecule has 0 N–H and O–H groups in total. The highest BCUT2D eigenvalue weighted by Crippen LogP contribution is 2.40. The van der Waals surface area contributed by atoms with E-state index in [1.54, 1.807) is 20.1 Å². The number of carbonyl (C=O) groups is 1. The van der Waals surface area contributed by atoms with Gasteiger partial charge < -0.3 is 13.9 Å². The first kappa shape index (κ1) is 19.3. The van der Waals surface area contributed by atoms with Crippen molar-refractivity contribution in [3.8, 4) is 11.5 Å². The molecule has 0 bridgehead atoms. The Morgan fingerprint density at radius 3 is 2.39 bits per heavy atom. The van der Waals surface area contributed by atoms with E-state index in [0.29, 0.717) is 12.4 Å². The summed E-state index contributed by atoms with van der Waals surface area (Å²) in [6, 6.07) is 5.66. The first-order chi connectivity index (χ1) is 10.6. The second kappa shape index (κ2) is 7.68. The summed E-state index contributed by atoms with van der Waals surface area (Å²) < 4.78 is 16.6. The zero-order valence-electron chi connectivity index (χ0n) is 15.2. The summed E-state index contributed by atoms with van der Waals surface area (Å²) in [6.07, 6.45) is 3.11. The molecular weight excluding hydrogens is 308 g/mol. The molecule has 0 heterocycles. The second-order valence-electron chi connectivity index (χ2n) is 6.86. The molecule has 4 nitrogen and oxygen atoms in total. The molecule has 0 radical (unpaired) electrons. The van der Waals surface area contributed by atoms with E-state index in [-0.39, 0.29) is 11.0 Å². The fourth-order valence-corrected chi connectivity index (χ4v) is 2.68. The van der Waals surface area contributed by atoms with Crippen molar-refractivity contribution in [2.75, 3.05) is 13.7 Å². The number of rotatable bonds is 6. The highest BCUT2D eigenvalue weighted by Gasteiger charge is 2.39. The van der Waals surface area contributed by atoms with Crippen molar-refractivity contribution in [3.63, 3.8) is 0 Å². The fraction of sp³-hybridized carbons (Fsp3) is 0.500. The van der Waals surface area contributed by atoms with Crippen molar-refractivity contribution in [1.82, 2.24) is 0 Å². The Balaban J connectivity index is 2.99. The summed E-state index contributed by atoms with van der Waals surface area (Å²) >= 11 is 0. The molecule has 0 aliphatic rings. The van der Waals surface area contributed by atoms with Crippen LogP contribution in [0, 0.1) is 0 Å². The third-order valence-corrected chi connectivity index (χ3v) is 8.40. The molecule has 5 heteroatoms. The van der Waals surface area contributed by atoms with E-state index in [1.165, 1.54) is 6.08 Å². The van der Waals surface area contributed by atoms with E-state index >= 15 is 0 Å². The lowest BCUT2D eigenvalue weighted by Gasteiger charge is -2.36. The van der Waals surface area contributed by atoms with Crippen LogP contribution in [-0.2, 0) is 9.53 Å². The van der Waals surface area contributed by atoms with Crippen LogP contribution in [0.5, 0.6) is 11.5 Å². The molecule has 0 saturated heterocycles. The molecule has 0 atom stereocenters. The van der Waals surface area contributed by atoms with Gasteiger partial charge in [0.05, 0.1) is 13.7 Å². The molecule has 1 rings (SSSR count). The van der Waals surface area contributed by atoms with Gasteiger partial charge in [0.15, 0.2) is 5.75 Å². The van der Waals surface area contributed by atoms with Crippen LogP contribution in [0.25, 0.3) is 6.08 Å². The second-order valence-corrected chi connectivity index (χ2v) is 11.6. The third-order valence-electron chi connectivity index (χ3n) is 4.06. The monoisotopic (exact) mass is 336 g/mol. The van der Waals surface area contributed by atoms with Gasteiger partial charge in [0.2, 0.25) is 0 Å². The standard InChI is InChI=1S/C18H28O4Si/c1-8-21-17(19)12-10-14-9-11-15(16(13-14)20-5)22-23(6,7)18(2,3)4/h9-13H,8H2,1-7H3/b12-10+. The smallest absolute Gasteiger partial charge is 0.330 e. The Morgan fingerprint density at radius 1 is 1.22 bits per heavy atom. The Bertz CT molecular complexity index is 571. The number of methoxy groups -OCH3 is 1. The molecule has 0 spiro atoms. The molecule has 1 aromatic carbocycles. The average molecular weight is 337 g/mol. The average Bonchev–Trinajstić information content (AvgIpc) is 2.45. The van der Waals surface area contributed by atoms with Gasteiger partial charge in [-0.05, 0) is 48.8 Å². The molecule has 0 aromatic heterocycles. The minimum atomic E-state index is -1.93. The summed E-state index contributed by atoms with van der Waals surface area (Å²) in [5, 5.41) is 0.112. The van der Waals surface area contributed by atoms with Gasteiger partial charge in [-0.25, -0.2) is 4.79 Å². The minimum Gasteiger partial charge on any atom is -0.541 e. The molecule has 0 saturated carbocycles. The van der Waals surface area contributed by atoms with E-state index in [9.17, 15) is 4.79 Å². The van der Waals surface area contributed by atoms with Crippen molar-refractivity contribution in [1.29, 1.82) is 0 Å². The number of carbonyl (C=O) groups excluding carboxylic acids is 1. The van der Waals surface area contributed by atoms with E-state index in [4.69, 9.17) is 13.9 Å². The largest absolute Gasteiger partial charge is 0.541 e. The summed E-state index contributed by atoms with van der Waals surface area (Å²) in [5.74, 6) is 1.06. The van der Waals surface area contributed by atoms with E-state index < -0.39 is 8.32 Å². The van der Waals surface area contributed by atoms with Crippen molar-refractivity contribution in [2.24, 2.45) is 0 Å². The normalized spacial score (nSPS) is 12.3. The quantitative estimate of drug-likeness (QED) is 0.431. The highest BCUT2D eigenvalue weighted by atomic mass is 28.4. The van der Waals surface area contributed by atoms with E-state index in [2.05, 4.69) is 33.9 Å². The van der Waals surface area contributed by atoms with Gasteiger partial charge in [-0.15, -0.1) is 0 Å². The highest BCUT2D eigenvalue weighted by molar-refractivity contribution is 6.74. The first-order valence-electron chi connectivity index (χ1n) is 7.82. The Labute approximate surface area is 140 Å². The fourth-order valence-electron chi connectivity index (χ4n) is 1.65. The van der Waals surface area contributed by atoms with Gasteiger partial charge in [-0.3, -0.25) is 0 Å². The molecule has 1 aromatic rings. The molecule has 0 unspecified atom stereocenters. The van der Waals surface area contributed by atoms with E-state index in [1.807, 2.05) is 18.2 Å². The SMILES string of the molecule is CCOC(=O)/C=C/c1ccc(O[Si](C)(C)C(C)(C)C)c(OC)c1. The number of benzene rings is 1. The van der Waals surface area contributed by atoms with E-state index in [0.717, 1.165) is 11.3 Å². The van der Waals surface area contributed by atoms with Crippen LogP contribution in [0.15, 0.2) is 24.3 Å². The van der Waals surface area contributed by atoms with Crippen molar-refractivity contribution in [3.05, 3.63) is 29.8 Å². The molecular formula is C18H28O4Si. The Kier molecular flexibility index (Phi) is 6.44. The van der Waals surface area contributed by atoms with Crippen LogP contribution in [0.2, 0.25) is 18.1 Å². The van der Waals surface area contributed by atoms with Gasteiger partial charge in [0, 0.05) is 6.08 Å². The lowest BCUT2D eigenvalue weighted by Crippen LogP contribution is -2.43. The number of hydrogen-bond acceptors (Lipinski definition) is 4. The topological polar surface area (TPSA) is 44.8 Å². The van der Waals surface area contributed by atoms with Crippen LogP contribution in [0.3, 0.4) is 0 Å². The van der Waals surface area contributed by atoms with Crippen molar-refractivity contribution < 1.29 is 18.7 Å². The summed E-state index contributed by atoms with van der Waals surface area (Å²) in [5.41, 5.74) is 0.859. The summed E-state index contributed by atoms with van der Waals surface area (Å²) in [7, 11) is -0.312. The predicted molar refractivity (Wildman–Crippen MR) is 96.5 cm³/mol. The maximum absolute atomic E-state index is 11.4. The molecule has 0 amide bonds. The zero-order chi connectivity index (χ0) is 17.7. The molecule has 23 heavy (non-hydrogen) atoms. The Morgan fingerprint density at radius 2 is 1.87 bits per heavy atom. The van der Waals surface area contributed by atoms with Gasteiger partial charge in [-0.2, -0.15) is 0 Å². The lowest BCUT2D eigenvalue weighted by atomic mass is 10.2. The van der Waals surface area contributed by atoms with Crippen LogP contribution in [0.4, 0.5) is 0 Å².